The molecule has 0 bridgehead atoms. The number of halogens is 1. The molecule has 1 atom stereocenters. The van der Waals surface area contributed by atoms with E-state index in [-0.39, 0.29) is 11.9 Å². The number of benzene rings is 1. The van der Waals surface area contributed by atoms with E-state index in [0.717, 1.165) is 18.5 Å². The summed E-state index contributed by atoms with van der Waals surface area (Å²) in [6.07, 6.45) is 0.886. The molecule has 2 rings (SSSR count). The van der Waals surface area contributed by atoms with Crippen LogP contribution in [0.5, 0.6) is 0 Å². The average Bonchev–Trinajstić information content (AvgIpc) is 2.04. The van der Waals surface area contributed by atoms with Crippen LogP contribution >= 0.6 is 0 Å². The second-order valence-electron chi connectivity index (χ2n) is 3.18. The van der Waals surface area contributed by atoms with Gasteiger partial charge in [0.1, 0.15) is 5.82 Å². The summed E-state index contributed by atoms with van der Waals surface area (Å²) in [5.74, 6) is -0.136. The molecule has 0 aromatic heterocycles. The molecular weight excluding hydrogens is 153 g/mol. The predicted octanol–water partition coefficient (Wildman–Crippen LogP) is 2.05. The topological polar surface area (TPSA) is 14.1 Å². The van der Waals surface area contributed by atoms with Gasteiger partial charge in [-0.05, 0) is 36.6 Å². The van der Waals surface area contributed by atoms with E-state index in [2.05, 4.69) is 12.2 Å². The lowest BCUT2D eigenvalue weighted by atomic mass is 9.95. The van der Waals surface area contributed by atoms with Crippen molar-refractivity contribution in [1.82, 2.24) is 5.32 Å². The summed E-state index contributed by atoms with van der Waals surface area (Å²) in [5, 5.41) is 4.38. The predicted molar refractivity (Wildman–Crippen MR) is 45.5 cm³/mol. The molecule has 0 amide bonds. The van der Waals surface area contributed by atoms with Crippen LogP contribution < -0.4 is 5.32 Å². The number of rotatable bonds is 0. The van der Waals surface area contributed by atoms with E-state index in [4.69, 9.17) is 0 Å². The Morgan fingerprint density at radius 3 is 3.17 bits per heavy atom. The number of nitrogens with zero attached hydrogens (tertiary/aromatic N) is 1. The van der Waals surface area contributed by atoms with Crippen LogP contribution in [-0.2, 0) is 6.42 Å². The number of hydrogen-bond acceptors (Lipinski definition) is 0. The van der Waals surface area contributed by atoms with E-state index in [1.165, 1.54) is 11.6 Å². The van der Waals surface area contributed by atoms with Gasteiger partial charge in [0.15, 0.2) is 0 Å². The Morgan fingerprint density at radius 2 is 2.33 bits per heavy atom. The van der Waals surface area contributed by atoms with Gasteiger partial charge in [0.05, 0.1) is 0 Å². The molecule has 1 aliphatic rings. The third-order valence-corrected chi connectivity index (χ3v) is 2.34. The second-order valence-corrected chi connectivity index (χ2v) is 3.18. The van der Waals surface area contributed by atoms with Crippen LogP contribution in [0.1, 0.15) is 24.1 Å². The zero-order valence-electron chi connectivity index (χ0n) is 7.05. The van der Waals surface area contributed by atoms with Crippen LogP contribution in [-0.4, -0.2) is 6.54 Å². The fourth-order valence-corrected chi connectivity index (χ4v) is 1.68. The summed E-state index contributed by atoms with van der Waals surface area (Å²) in [6, 6.07) is 5.23. The van der Waals surface area contributed by atoms with Crippen molar-refractivity contribution in [2.24, 2.45) is 0 Å². The minimum Gasteiger partial charge on any atom is -0.234 e. The first kappa shape index (κ1) is 7.74. The molecule has 0 spiro atoms. The van der Waals surface area contributed by atoms with Gasteiger partial charge in [-0.2, -0.15) is 0 Å². The maximum atomic E-state index is 12.8. The Balaban J connectivity index is 2.46. The molecular formula is C10H11FN. The van der Waals surface area contributed by atoms with Crippen LogP contribution in [0.3, 0.4) is 0 Å². The van der Waals surface area contributed by atoms with Crippen molar-refractivity contribution in [3.05, 3.63) is 35.1 Å². The third kappa shape index (κ3) is 1.23. The molecule has 1 unspecified atom stereocenters. The van der Waals surface area contributed by atoms with E-state index >= 15 is 0 Å². The van der Waals surface area contributed by atoms with Crippen LogP contribution in [0, 0.1) is 5.82 Å². The summed E-state index contributed by atoms with van der Waals surface area (Å²) in [5.41, 5.74) is 2.31. The normalized spacial score (nSPS) is 22.0. The smallest absolute Gasteiger partial charge is 0.123 e. The first-order chi connectivity index (χ1) is 5.77. The summed E-state index contributed by atoms with van der Waals surface area (Å²) in [4.78, 5) is 0. The molecule has 0 N–H and O–H groups in total. The van der Waals surface area contributed by atoms with Gasteiger partial charge in [-0.25, -0.2) is 9.71 Å². The van der Waals surface area contributed by atoms with Gasteiger partial charge in [0, 0.05) is 12.6 Å². The van der Waals surface area contributed by atoms with Crippen molar-refractivity contribution >= 4 is 0 Å². The van der Waals surface area contributed by atoms with Crippen molar-refractivity contribution in [2.45, 2.75) is 19.4 Å². The second kappa shape index (κ2) is 2.87. The van der Waals surface area contributed by atoms with Gasteiger partial charge >= 0.3 is 0 Å². The van der Waals surface area contributed by atoms with Gasteiger partial charge in [0.2, 0.25) is 0 Å². The van der Waals surface area contributed by atoms with Crippen LogP contribution in [0.15, 0.2) is 18.2 Å². The fourth-order valence-electron chi connectivity index (χ4n) is 1.68. The molecule has 1 nitrogen and oxygen atoms in total. The minimum absolute atomic E-state index is 0.136. The third-order valence-electron chi connectivity index (χ3n) is 2.34. The van der Waals surface area contributed by atoms with Crippen LogP contribution in [0.2, 0.25) is 0 Å². The summed E-state index contributed by atoms with van der Waals surface area (Å²) < 4.78 is 12.8. The highest BCUT2D eigenvalue weighted by atomic mass is 19.1. The van der Waals surface area contributed by atoms with Crippen molar-refractivity contribution in [3.8, 4) is 0 Å². The summed E-state index contributed by atoms with van der Waals surface area (Å²) >= 11 is 0. The Kier molecular flexibility index (Phi) is 1.85. The Labute approximate surface area is 71.6 Å². The van der Waals surface area contributed by atoms with E-state index in [1.54, 1.807) is 6.07 Å². The van der Waals surface area contributed by atoms with Crippen molar-refractivity contribution in [2.75, 3.05) is 6.54 Å². The lowest BCUT2D eigenvalue weighted by Gasteiger charge is -2.21. The molecule has 0 aliphatic carbocycles. The molecule has 2 heteroatoms. The van der Waals surface area contributed by atoms with Crippen molar-refractivity contribution in [1.29, 1.82) is 0 Å². The first-order valence-corrected chi connectivity index (χ1v) is 4.22. The molecule has 1 aliphatic heterocycles. The Bertz CT molecular complexity index is 296. The summed E-state index contributed by atoms with van der Waals surface area (Å²) in [7, 11) is 0. The lowest BCUT2D eigenvalue weighted by Crippen LogP contribution is -2.21. The van der Waals surface area contributed by atoms with E-state index < -0.39 is 0 Å². The van der Waals surface area contributed by atoms with Gasteiger partial charge in [-0.1, -0.05) is 6.07 Å². The quantitative estimate of drug-likeness (QED) is 0.557. The zero-order valence-corrected chi connectivity index (χ0v) is 7.05. The molecule has 0 saturated carbocycles. The number of fused-ring (bicyclic) bond motifs is 1. The molecule has 12 heavy (non-hydrogen) atoms. The van der Waals surface area contributed by atoms with Gasteiger partial charge in [0.25, 0.3) is 0 Å². The molecule has 1 heterocycles. The van der Waals surface area contributed by atoms with Crippen LogP contribution in [0.4, 0.5) is 4.39 Å². The minimum atomic E-state index is -0.136. The lowest BCUT2D eigenvalue weighted by molar-refractivity contribution is 0.523. The van der Waals surface area contributed by atoms with Gasteiger partial charge < -0.3 is 0 Å². The Hall–Kier alpha value is -0.890. The highest BCUT2D eigenvalue weighted by Gasteiger charge is 2.16. The van der Waals surface area contributed by atoms with Gasteiger partial charge in [-0.15, -0.1) is 0 Å². The van der Waals surface area contributed by atoms with Crippen molar-refractivity contribution in [3.63, 3.8) is 0 Å². The van der Waals surface area contributed by atoms with E-state index in [9.17, 15) is 4.39 Å². The number of hydrogen-bond donors (Lipinski definition) is 0. The largest absolute Gasteiger partial charge is 0.234 e. The molecule has 1 aromatic carbocycles. The maximum Gasteiger partial charge on any atom is 0.123 e. The van der Waals surface area contributed by atoms with Gasteiger partial charge in [-0.3, -0.25) is 0 Å². The first-order valence-electron chi connectivity index (χ1n) is 4.22. The highest BCUT2D eigenvalue weighted by Crippen LogP contribution is 2.23. The van der Waals surface area contributed by atoms with Crippen molar-refractivity contribution < 1.29 is 4.39 Å². The zero-order chi connectivity index (χ0) is 8.55. The molecule has 1 aromatic rings. The monoisotopic (exact) mass is 164 g/mol. The molecule has 0 saturated heterocycles. The SMILES string of the molecule is CC1[N]CCc2cc(F)ccc21. The van der Waals surface area contributed by atoms with E-state index in [0.29, 0.717) is 0 Å². The average molecular weight is 164 g/mol. The fraction of sp³-hybridized carbons (Fsp3) is 0.400. The molecule has 63 valence electrons. The maximum absolute atomic E-state index is 12.8. The van der Waals surface area contributed by atoms with E-state index in [1.807, 2.05) is 6.07 Å². The highest BCUT2D eigenvalue weighted by molar-refractivity contribution is 5.32. The molecule has 1 radical (unpaired) electrons. The molecule has 0 fully saturated rings. The van der Waals surface area contributed by atoms with Crippen LogP contribution in [0.25, 0.3) is 0 Å². The Morgan fingerprint density at radius 1 is 1.50 bits per heavy atom. The summed E-state index contributed by atoms with van der Waals surface area (Å²) in [6.45, 7) is 2.88. The standard InChI is InChI=1S/C10H11FN/c1-7-10-3-2-9(11)6-8(10)4-5-12-7/h2-3,6-7H,4-5H2,1H3.